The molecule has 108 valence electrons. The zero-order valence-electron chi connectivity index (χ0n) is 10.9. The van der Waals surface area contributed by atoms with Gasteiger partial charge in [0.05, 0.1) is 18.6 Å². The van der Waals surface area contributed by atoms with Crippen molar-refractivity contribution < 1.29 is 19.4 Å². The van der Waals surface area contributed by atoms with Gasteiger partial charge in [-0.3, -0.25) is 9.59 Å². The maximum absolute atomic E-state index is 12.7. The highest BCUT2D eigenvalue weighted by Crippen LogP contribution is 2.52. The Morgan fingerprint density at radius 2 is 2.10 bits per heavy atom. The normalized spacial score (nSPS) is 36.3. The van der Waals surface area contributed by atoms with Crippen LogP contribution < -0.4 is 4.90 Å². The Morgan fingerprint density at radius 3 is 2.76 bits per heavy atom. The second kappa shape index (κ2) is 4.08. The third kappa shape index (κ3) is 1.61. The molecule has 1 spiro atoms. The van der Waals surface area contributed by atoms with Crippen LogP contribution in [0, 0.1) is 11.8 Å². The van der Waals surface area contributed by atoms with Gasteiger partial charge in [-0.2, -0.15) is 0 Å². The van der Waals surface area contributed by atoms with Crippen molar-refractivity contribution in [3.8, 4) is 0 Å². The Hall–Kier alpha value is -1.85. The highest BCUT2D eigenvalue weighted by atomic mass is 35.5. The van der Waals surface area contributed by atoms with Crippen molar-refractivity contribution in [1.29, 1.82) is 0 Å². The number of fused-ring (bicyclic) bond motifs is 1. The van der Waals surface area contributed by atoms with Gasteiger partial charge in [-0.1, -0.05) is 23.8 Å². The van der Waals surface area contributed by atoms with Gasteiger partial charge in [0, 0.05) is 10.7 Å². The van der Waals surface area contributed by atoms with Crippen molar-refractivity contribution in [3.05, 3.63) is 41.4 Å². The van der Waals surface area contributed by atoms with Gasteiger partial charge in [-0.15, -0.1) is 0 Å². The first-order chi connectivity index (χ1) is 10.0. The number of hydrogen-bond acceptors (Lipinski definition) is 3. The molecule has 2 fully saturated rings. The van der Waals surface area contributed by atoms with Gasteiger partial charge in [0.1, 0.15) is 11.5 Å². The number of rotatable bonds is 2. The predicted octanol–water partition coefficient (Wildman–Crippen LogP) is 1.71. The summed E-state index contributed by atoms with van der Waals surface area (Å²) in [6.07, 6.45) is 3.10. The number of aliphatic carboxylic acids is 1. The fraction of sp³-hybridized carbons (Fsp3) is 0.333. The smallest absolute Gasteiger partial charge is 0.310 e. The fourth-order valence-electron chi connectivity index (χ4n) is 3.62. The Labute approximate surface area is 125 Å². The number of nitrogens with zero attached hydrogens (tertiary/aromatic N) is 1. The fourth-order valence-corrected chi connectivity index (χ4v) is 3.75. The summed E-state index contributed by atoms with van der Waals surface area (Å²) in [4.78, 5) is 25.7. The van der Waals surface area contributed by atoms with Crippen LogP contribution in [-0.4, -0.2) is 35.2 Å². The average molecular weight is 306 g/mol. The highest BCUT2D eigenvalue weighted by molar-refractivity contribution is 6.30. The summed E-state index contributed by atoms with van der Waals surface area (Å²) < 4.78 is 5.82. The molecule has 1 N–H and O–H groups in total. The van der Waals surface area contributed by atoms with Crippen LogP contribution in [0.5, 0.6) is 0 Å². The van der Waals surface area contributed by atoms with E-state index in [-0.39, 0.29) is 5.91 Å². The molecule has 0 radical (unpaired) electrons. The van der Waals surface area contributed by atoms with E-state index in [0.717, 1.165) is 0 Å². The standard InChI is InChI=1S/C15H12ClNO4/c16-8-1-3-9(4-2-8)17-7-15-6-5-10(21-15)11(14(19)20)12(15)13(17)18/h1-6,10-12H,7H2,(H,19,20)/t10-,11-,12+,15+/m1/s1. The molecule has 0 aromatic heterocycles. The number of ether oxygens (including phenoxy) is 1. The first kappa shape index (κ1) is 12.9. The van der Waals surface area contributed by atoms with Gasteiger partial charge in [-0.25, -0.2) is 0 Å². The lowest BCUT2D eigenvalue weighted by atomic mass is 9.77. The second-order valence-corrected chi connectivity index (χ2v) is 6.08. The van der Waals surface area contributed by atoms with Gasteiger partial charge in [0.2, 0.25) is 5.91 Å². The van der Waals surface area contributed by atoms with Crippen LogP contribution in [0.4, 0.5) is 5.69 Å². The number of anilines is 1. The third-order valence-electron chi connectivity index (χ3n) is 4.52. The first-order valence-electron chi connectivity index (χ1n) is 6.69. The molecule has 5 nitrogen and oxygen atoms in total. The van der Waals surface area contributed by atoms with E-state index in [0.29, 0.717) is 17.3 Å². The Balaban J connectivity index is 1.73. The summed E-state index contributed by atoms with van der Waals surface area (Å²) in [6, 6.07) is 6.92. The first-order valence-corrected chi connectivity index (χ1v) is 7.07. The van der Waals surface area contributed by atoms with Gasteiger partial charge in [0.15, 0.2) is 0 Å². The van der Waals surface area contributed by atoms with Crippen molar-refractivity contribution in [3.63, 3.8) is 0 Å². The van der Waals surface area contributed by atoms with Gasteiger partial charge in [-0.05, 0) is 24.3 Å². The monoisotopic (exact) mass is 305 g/mol. The molecule has 3 aliphatic rings. The lowest BCUT2D eigenvalue weighted by Crippen LogP contribution is -2.39. The maximum atomic E-state index is 12.7. The van der Waals surface area contributed by atoms with Crippen molar-refractivity contribution >= 4 is 29.2 Å². The molecular weight excluding hydrogens is 294 g/mol. The number of carboxylic acids is 1. The SMILES string of the molecule is O=C(O)[C@H]1[C@H]2C(=O)N(c3ccc(Cl)cc3)C[C@@]23C=C[C@H]1O3. The van der Waals surface area contributed by atoms with E-state index in [2.05, 4.69) is 0 Å². The molecule has 0 aliphatic carbocycles. The number of carboxylic acid groups (broad SMARTS) is 1. The maximum Gasteiger partial charge on any atom is 0.310 e. The molecule has 1 amide bonds. The van der Waals surface area contributed by atoms with Crippen molar-refractivity contribution in [2.24, 2.45) is 11.8 Å². The summed E-state index contributed by atoms with van der Waals surface area (Å²) in [5, 5.41) is 9.98. The Kier molecular flexibility index (Phi) is 2.50. The predicted molar refractivity (Wildman–Crippen MR) is 75.2 cm³/mol. The molecule has 4 atom stereocenters. The van der Waals surface area contributed by atoms with Crippen LogP contribution in [0.2, 0.25) is 5.02 Å². The minimum Gasteiger partial charge on any atom is -0.481 e. The molecule has 21 heavy (non-hydrogen) atoms. The number of carbonyl (C=O) groups excluding carboxylic acids is 1. The molecule has 6 heteroatoms. The average Bonchev–Trinajstić information content (AvgIpc) is 3.08. The quantitative estimate of drug-likeness (QED) is 0.845. The van der Waals surface area contributed by atoms with Crippen molar-refractivity contribution in [1.82, 2.24) is 0 Å². The highest BCUT2D eigenvalue weighted by Gasteiger charge is 2.67. The van der Waals surface area contributed by atoms with E-state index in [1.165, 1.54) is 0 Å². The van der Waals surface area contributed by atoms with E-state index < -0.39 is 29.5 Å². The number of carbonyl (C=O) groups is 2. The van der Waals surface area contributed by atoms with Gasteiger partial charge >= 0.3 is 5.97 Å². The van der Waals surface area contributed by atoms with Crippen LogP contribution in [-0.2, 0) is 14.3 Å². The Morgan fingerprint density at radius 1 is 1.38 bits per heavy atom. The van der Waals surface area contributed by atoms with Crippen LogP contribution in [0.25, 0.3) is 0 Å². The summed E-state index contributed by atoms with van der Waals surface area (Å²) in [7, 11) is 0. The topological polar surface area (TPSA) is 66.8 Å². The molecular formula is C15H12ClNO4. The van der Waals surface area contributed by atoms with E-state index >= 15 is 0 Å². The minimum atomic E-state index is -0.984. The van der Waals surface area contributed by atoms with Crippen molar-refractivity contribution in [2.75, 3.05) is 11.4 Å². The van der Waals surface area contributed by atoms with Gasteiger partial charge in [0.25, 0.3) is 0 Å². The molecule has 1 aromatic rings. The third-order valence-corrected chi connectivity index (χ3v) is 4.78. The zero-order valence-corrected chi connectivity index (χ0v) is 11.7. The number of amides is 1. The Bertz CT molecular complexity index is 671. The number of halogens is 1. The summed E-state index contributed by atoms with van der Waals surface area (Å²) >= 11 is 5.86. The summed E-state index contributed by atoms with van der Waals surface area (Å²) in [6.45, 7) is 0.342. The van der Waals surface area contributed by atoms with Crippen LogP contribution in [0.3, 0.4) is 0 Å². The minimum absolute atomic E-state index is 0.198. The van der Waals surface area contributed by atoms with E-state index in [1.807, 2.05) is 6.08 Å². The molecule has 4 rings (SSSR count). The molecule has 3 heterocycles. The number of benzene rings is 1. The summed E-state index contributed by atoms with van der Waals surface area (Å²) in [5.41, 5.74) is -0.0949. The lowest BCUT2D eigenvalue weighted by Gasteiger charge is -2.21. The second-order valence-electron chi connectivity index (χ2n) is 5.64. The van der Waals surface area contributed by atoms with Crippen LogP contribution >= 0.6 is 11.6 Å². The lowest BCUT2D eigenvalue weighted by molar-refractivity contribution is -0.146. The van der Waals surface area contributed by atoms with Crippen molar-refractivity contribution in [2.45, 2.75) is 11.7 Å². The molecule has 0 saturated carbocycles. The molecule has 2 saturated heterocycles. The molecule has 1 aromatic carbocycles. The van der Waals surface area contributed by atoms with E-state index in [1.54, 1.807) is 35.2 Å². The summed E-state index contributed by atoms with van der Waals surface area (Å²) in [5.74, 6) is -2.64. The van der Waals surface area contributed by atoms with E-state index in [4.69, 9.17) is 16.3 Å². The van der Waals surface area contributed by atoms with Crippen LogP contribution in [0.1, 0.15) is 0 Å². The van der Waals surface area contributed by atoms with E-state index in [9.17, 15) is 14.7 Å². The van der Waals surface area contributed by atoms with Crippen LogP contribution in [0.15, 0.2) is 36.4 Å². The number of hydrogen-bond donors (Lipinski definition) is 1. The molecule has 3 aliphatic heterocycles. The molecule has 2 bridgehead atoms. The molecule has 0 unspecified atom stereocenters. The van der Waals surface area contributed by atoms with Gasteiger partial charge < -0.3 is 14.7 Å². The zero-order chi connectivity index (χ0) is 14.8. The largest absolute Gasteiger partial charge is 0.481 e.